The molecule has 2 aliphatic rings. The van der Waals surface area contributed by atoms with Gasteiger partial charge in [-0.3, -0.25) is 9.59 Å². The zero-order valence-corrected chi connectivity index (χ0v) is 21.7. The molecule has 36 heavy (non-hydrogen) atoms. The van der Waals surface area contributed by atoms with Crippen molar-refractivity contribution in [3.8, 4) is 0 Å². The SMILES string of the molecule is CCn1cc(C(=O)NC2CCC(C)CC2)c(=O)c2cc(S(=O)(=O)N3CCc4ccccc4C3)ccc21. The minimum absolute atomic E-state index is 0.0596. The van der Waals surface area contributed by atoms with Gasteiger partial charge in [0.1, 0.15) is 5.56 Å². The monoisotopic (exact) mass is 507 g/mol. The van der Waals surface area contributed by atoms with Crippen LogP contribution < -0.4 is 10.7 Å². The highest BCUT2D eigenvalue weighted by molar-refractivity contribution is 7.89. The first kappa shape index (κ1) is 24.7. The number of sulfonamides is 1. The van der Waals surface area contributed by atoms with Crippen LogP contribution in [0.15, 0.2) is 58.4 Å². The highest BCUT2D eigenvalue weighted by atomic mass is 32.2. The van der Waals surface area contributed by atoms with Crippen LogP contribution in [0.2, 0.25) is 0 Å². The van der Waals surface area contributed by atoms with Crippen LogP contribution in [0.1, 0.15) is 61.0 Å². The summed E-state index contributed by atoms with van der Waals surface area (Å²) in [4.78, 5) is 26.7. The number of carbonyl (C=O) groups excluding carboxylic acids is 1. The molecule has 1 aliphatic heterocycles. The number of pyridine rings is 1. The fourth-order valence-electron chi connectivity index (χ4n) is 5.45. The van der Waals surface area contributed by atoms with E-state index in [1.807, 2.05) is 35.8 Å². The van der Waals surface area contributed by atoms with E-state index in [-0.39, 0.29) is 27.8 Å². The van der Waals surface area contributed by atoms with Crippen molar-refractivity contribution in [1.82, 2.24) is 14.2 Å². The van der Waals surface area contributed by atoms with Crippen LogP contribution in [0.3, 0.4) is 0 Å². The summed E-state index contributed by atoms with van der Waals surface area (Å²) in [7, 11) is -3.81. The van der Waals surface area contributed by atoms with Crippen molar-refractivity contribution in [2.45, 2.75) is 70.0 Å². The van der Waals surface area contributed by atoms with Crippen LogP contribution >= 0.6 is 0 Å². The molecule has 5 rings (SSSR count). The number of hydrogen-bond donors (Lipinski definition) is 1. The standard InChI is InChI=1S/C28H33N3O4S/c1-3-30-18-25(28(33)29-22-10-8-19(2)9-11-22)27(32)24-16-23(12-13-26(24)30)36(34,35)31-15-14-20-6-4-5-7-21(20)17-31/h4-7,12-13,16,18-19,22H,3,8-11,14-15,17H2,1-2H3,(H,29,33). The molecule has 2 aromatic carbocycles. The van der Waals surface area contributed by atoms with E-state index in [2.05, 4.69) is 12.2 Å². The summed E-state index contributed by atoms with van der Waals surface area (Å²) < 4.78 is 30.4. The van der Waals surface area contributed by atoms with E-state index in [1.165, 1.54) is 10.4 Å². The molecule has 1 fully saturated rings. The van der Waals surface area contributed by atoms with Crippen molar-refractivity contribution >= 4 is 26.8 Å². The first-order chi connectivity index (χ1) is 17.3. The summed E-state index contributed by atoms with van der Waals surface area (Å²) in [5, 5.41) is 3.29. The summed E-state index contributed by atoms with van der Waals surface area (Å²) in [5.41, 5.74) is 2.41. The quantitative estimate of drug-likeness (QED) is 0.564. The van der Waals surface area contributed by atoms with Crippen molar-refractivity contribution in [3.05, 3.63) is 75.6 Å². The Morgan fingerprint density at radius 1 is 1.06 bits per heavy atom. The van der Waals surface area contributed by atoms with Gasteiger partial charge in [0.15, 0.2) is 0 Å². The molecule has 2 heterocycles. The Labute approximate surface area is 212 Å². The molecule has 0 radical (unpaired) electrons. The molecule has 1 amide bonds. The molecule has 3 aromatic rings. The molecule has 8 heteroatoms. The number of aromatic nitrogens is 1. The number of fused-ring (bicyclic) bond motifs is 2. The number of aryl methyl sites for hydroxylation is 1. The molecular formula is C28H33N3O4S. The number of nitrogens with zero attached hydrogens (tertiary/aromatic N) is 2. The molecule has 1 aliphatic carbocycles. The van der Waals surface area contributed by atoms with Gasteiger partial charge in [0.05, 0.1) is 10.4 Å². The Kier molecular flexibility index (Phi) is 6.74. The molecule has 1 aromatic heterocycles. The van der Waals surface area contributed by atoms with Gasteiger partial charge in [-0.1, -0.05) is 31.2 Å². The van der Waals surface area contributed by atoms with Gasteiger partial charge in [0, 0.05) is 37.3 Å². The summed E-state index contributed by atoms with van der Waals surface area (Å²) in [6.07, 6.45) is 6.18. The maximum Gasteiger partial charge on any atom is 0.256 e. The maximum absolute atomic E-state index is 13.6. The van der Waals surface area contributed by atoms with Crippen molar-refractivity contribution in [1.29, 1.82) is 0 Å². The third-order valence-electron chi connectivity index (χ3n) is 7.72. The summed E-state index contributed by atoms with van der Waals surface area (Å²) in [6.45, 7) is 5.39. The van der Waals surface area contributed by atoms with E-state index in [0.717, 1.165) is 36.8 Å². The minimum Gasteiger partial charge on any atom is -0.349 e. The minimum atomic E-state index is -3.81. The zero-order chi connectivity index (χ0) is 25.4. The summed E-state index contributed by atoms with van der Waals surface area (Å²) in [5.74, 6) is 0.273. The van der Waals surface area contributed by atoms with E-state index >= 15 is 0 Å². The van der Waals surface area contributed by atoms with Gasteiger partial charge in [-0.2, -0.15) is 4.31 Å². The molecule has 1 saturated carbocycles. The van der Waals surface area contributed by atoms with E-state index in [4.69, 9.17) is 0 Å². The molecule has 0 atom stereocenters. The van der Waals surface area contributed by atoms with Crippen molar-refractivity contribution in [2.24, 2.45) is 5.92 Å². The predicted octanol–water partition coefficient (Wildman–Crippen LogP) is 4.08. The van der Waals surface area contributed by atoms with Crippen LogP contribution in [0, 0.1) is 5.92 Å². The Balaban J connectivity index is 1.49. The third-order valence-corrected chi connectivity index (χ3v) is 9.56. The van der Waals surface area contributed by atoms with Gasteiger partial charge in [0.25, 0.3) is 5.91 Å². The van der Waals surface area contributed by atoms with Crippen LogP contribution in [-0.4, -0.2) is 35.8 Å². The lowest BCUT2D eigenvalue weighted by Crippen LogP contribution is -2.39. The second-order valence-electron chi connectivity index (χ2n) is 10.1. The third kappa shape index (κ3) is 4.60. The molecule has 0 spiro atoms. The average Bonchev–Trinajstić information content (AvgIpc) is 2.89. The molecule has 190 valence electrons. The Bertz CT molecular complexity index is 1470. The van der Waals surface area contributed by atoms with Crippen molar-refractivity contribution in [2.75, 3.05) is 6.54 Å². The Morgan fingerprint density at radius 2 is 1.78 bits per heavy atom. The van der Waals surface area contributed by atoms with Gasteiger partial charge in [0.2, 0.25) is 15.5 Å². The number of hydrogen-bond acceptors (Lipinski definition) is 4. The highest BCUT2D eigenvalue weighted by Crippen LogP contribution is 2.27. The lowest BCUT2D eigenvalue weighted by Gasteiger charge is -2.28. The van der Waals surface area contributed by atoms with Crippen molar-refractivity contribution < 1.29 is 13.2 Å². The number of rotatable bonds is 5. The molecule has 0 unspecified atom stereocenters. The smallest absolute Gasteiger partial charge is 0.256 e. The lowest BCUT2D eigenvalue weighted by atomic mass is 9.87. The van der Waals surface area contributed by atoms with Gasteiger partial charge in [-0.15, -0.1) is 0 Å². The molecule has 7 nitrogen and oxygen atoms in total. The zero-order valence-electron chi connectivity index (χ0n) is 20.9. The van der Waals surface area contributed by atoms with E-state index in [9.17, 15) is 18.0 Å². The molecule has 0 bridgehead atoms. The van der Waals surface area contributed by atoms with Crippen LogP contribution in [0.5, 0.6) is 0 Å². The van der Waals surface area contributed by atoms with Gasteiger partial charge < -0.3 is 9.88 Å². The average molecular weight is 508 g/mol. The maximum atomic E-state index is 13.6. The van der Waals surface area contributed by atoms with Crippen molar-refractivity contribution in [3.63, 3.8) is 0 Å². The number of benzene rings is 2. The second kappa shape index (κ2) is 9.82. The van der Waals surface area contributed by atoms with Crippen LogP contribution in [0.4, 0.5) is 0 Å². The first-order valence-electron chi connectivity index (χ1n) is 12.8. The van der Waals surface area contributed by atoms with Crippen LogP contribution in [-0.2, 0) is 29.5 Å². The first-order valence-corrected chi connectivity index (χ1v) is 14.3. The predicted molar refractivity (Wildman–Crippen MR) is 141 cm³/mol. The summed E-state index contributed by atoms with van der Waals surface area (Å²) >= 11 is 0. The Hall–Kier alpha value is -2.97. The summed E-state index contributed by atoms with van der Waals surface area (Å²) in [6, 6.07) is 12.6. The largest absolute Gasteiger partial charge is 0.349 e. The molecule has 1 N–H and O–H groups in total. The van der Waals surface area contributed by atoms with E-state index in [1.54, 1.807) is 18.3 Å². The lowest BCUT2D eigenvalue weighted by molar-refractivity contribution is 0.0921. The normalized spacial score (nSPS) is 20.7. The fraction of sp³-hybridized carbons (Fsp3) is 0.429. The number of nitrogens with one attached hydrogen (secondary N) is 1. The van der Waals surface area contributed by atoms with Gasteiger partial charge in [-0.05, 0) is 74.3 Å². The fourth-order valence-corrected chi connectivity index (χ4v) is 6.90. The van der Waals surface area contributed by atoms with Gasteiger partial charge >= 0.3 is 0 Å². The van der Waals surface area contributed by atoms with Crippen LogP contribution in [0.25, 0.3) is 10.9 Å². The van der Waals surface area contributed by atoms with E-state index < -0.39 is 15.5 Å². The highest BCUT2D eigenvalue weighted by Gasteiger charge is 2.29. The topological polar surface area (TPSA) is 88.5 Å². The van der Waals surface area contributed by atoms with E-state index in [0.29, 0.717) is 37.5 Å². The van der Waals surface area contributed by atoms with Gasteiger partial charge in [-0.25, -0.2) is 8.42 Å². The molecular weight excluding hydrogens is 474 g/mol. The molecule has 0 saturated heterocycles. The Morgan fingerprint density at radius 3 is 2.50 bits per heavy atom. The number of carbonyl (C=O) groups is 1. The second-order valence-corrected chi connectivity index (χ2v) is 12.1. The number of amides is 1.